The van der Waals surface area contributed by atoms with Crippen molar-refractivity contribution < 1.29 is 14.3 Å². The molecule has 128 valence electrons. The first-order chi connectivity index (χ1) is 12.2. The van der Waals surface area contributed by atoms with Crippen molar-refractivity contribution in [3.05, 3.63) is 69.8 Å². The normalized spacial score (nSPS) is 15.2. The number of aliphatic imine (C=N–C) groups is 1. The lowest BCUT2D eigenvalue weighted by molar-refractivity contribution is -0.129. The van der Waals surface area contributed by atoms with Crippen molar-refractivity contribution in [3.63, 3.8) is 0 Å². The van der Waals surface area contributed by atoms with Crippen molar-refractivity contribution in [2.75, 3.05) is 6.61 Å². The Balaban J connectivity index is 1.74. The van der Waals surface area contributed by atoms with Gasteiger partial charge in [0.15, 0.2) is 5.70 Å². The molecule has 1 aliphatic rings. The molecule has 1 heterocycles. The lowest BCUT2D eigenvalue weighted by Crippen LogP contribution is -2.05. The highest BCUT2D eigenvalue weighted by molar-refractivity contribution is 9.10. The van der Waals surface area contributed by atoms with Gasteiger partial charge >= 0.3 is 5.97 Å². The minimum absolute atomic E-state index is 0.289. The minimum atomic E-state index is -0.443. The SMILES string of the molecule is CCCCOc1ccc(/C=C2\N=C(c3ccc(Br)cc3)OC2=O)cc1. The van der Waals surface area contributed by atoms with Gasteiger partial charge in [-0.05, 0) is 54.5 Å². The molecule has 0 aromatic heterocycles. The number of esters is 1. The van der Waals surface area contributed by atoms with Crippen molar-refractivity contribution in [3.8, 4) is 5.75 Å². The molecular formula is C20H18BrNO3. The fraction of sp³-hybridized carbons (Fsp3) is 0.200. The zero-order valence-corrected chi connectivity index (χ0v) is 15.5. The van der Waals surface area contributed by atoms with E-state index in [0.29, 0.717) is 12.5 Å². The molecule has 0 bridgehead atoms. The van der Waals surface area contributed by atoms with Gasteiger partial charge in [-0.3, -0.25) is 0 Å². The zero-order valence-electron chi connectivity index (χ0n) is 13.9. The summed E-state index contributed by atoms with van der Waals surface area (Å²) in [5.74, 6) is 0.702. The van der Waals surface area contributed by atoms with Gasteiger partial charge in [-0.15, -0.1) is 0 Å². The maximum absolute atomic E-state index is 12.0. The van der Waals surface area contributed by atoms with Crippen LogP contribution in [0.3, 0.4) is 0 Å². The number of nitrogens with zero attached hydrogens (tertiary/aromatic N) is 1. The fourth-order valence-electron chi connectivity index (χ4n) is 2.28. The van der Waals surface area contributed by atoms with E-state index in [-0.39, 0.29) is 5.70 Å². The number of carbonyl (C=O) groups excluding carboxylic acids is 1. The summed E-state index contributed by atoms with van der Waals surface area (Å²) < 4.78 is 11.9. The first-order valence-electron chi connectivity index (χ1n) is 8.17. The van der Waals surface area contributed by atoms with Crippen LogP contribution in [0.1, 0.15) is 30.9 Å². The Morgan fingerprint density at radius 2 is 1.84 bits per heavy atom. The Labute approximate surface area is 155 Å². The smallest absolute Gasteiger partial charge is 0.363 e. The summed E-state index contributed by atoms with van der Waals surface area (Å²) in [5.41, 5.74) is 1.92. The number of hydrogen-bond acceptors (Lipinski definition) is 4. The molecule has 1 aliphatic heterocycles. The van der Waals surface area contributed by atoms with Gasteiger partial charge in [0.1, 0.15) is 5.75 Å². The van der Waals surface area contributed by atoms with E-state index in [2.05, 4.69) is 27.8 Å². The second-order valence-corrected chi connectivity index (χ2v) is 6.53. The summed E-state index contributed by atoms with van der Waals surface area (Å²) in [4.78, 5) is 16.3. The average molecular weight is 400 g/mol. The van der Waals surface area contributed by atoms with E-state index in [9.17, 15) is 4.79 Å². The monoisotopic (exact) mass is 399 g/mol. The van der Waals surface area contributed by atoms with E-state index in [1.54, 1.807) is 6.08 Å². The van der Waals surface area contributed by atoms with Crippen molar-refractivity contribution in [2.45, 2.75) is 19.8 Å². The third-order valence-corrected chi connectivity index (χ3v) is 4.19. The Bertz CT molecular complexity index is 808. The number of cyclic esters (lactones) is 1. The van der Waals surface area contributed by atoms with Crippen LogP contribution in [-0.2, 0) is 9.53 Å². The molecule has 25 heavy (non-hydrogen) atoms. The van der Waals surface area contributed by atoms with Gasteiger partial charge in [0, 0.05) is 10.0 Å². The van der Waals surface area contributed by atoms with Gasteiger partial charge < -0.3 is 9.47 Å². The van der Waals surface area contributed by atoms with Crippen LogP contribution in [0, 0.1) is 0 Å². The Kier molecular flexibility index (Phi) is 5.66. The van der Waals surface area contributed by atoms with Crippen LogP contribution < -0.4 is 4.74 Å². The Morgan fingerprint density at radius 1 is 1.12 bits per heavy atom. The van der Waals surface area contributed by atoms with Gasteiger partial charge in [-0.1, -0.05) is 41.4 Å². The summed E-state index contributed by atoms with van der Waals surface area (Å²) >= 11 is 3.38. The van der Waals surface area contributed by atoms with E-state index < -0.39 is 5.97 Å². The number of unbranched alkanes of at least 4 members (excludes halogenated alkanes) is 1. The molecule has 3 rings (SSSR count). The highest BCUT2D eigenvalue weighted by Gasteiger charge is 2.23. The summed E-state index contributed by atoms with van der Waals surface area (Å²) in [6.07, 6.45) is 3.85. The predicted molar refractivity (Wildman–Crippen MR) is 102 cm³/mol. The van der Waals surface area contributed by atoms with Crippen LogP contribution >= 0.6 is 15.9 Å². The molecule has 0 saturated heterocycles. The number of ether oxygens (including phenoxy) is 2. The highest BCUT2D eigenvalue weighted by atomic mass is 79.9. The number of carbonyl (C=O) groups is 1. The van der Waals surface area contributed by atoms with Crippen molar-refractivity contribution in [1.29, 1.82) is 0 Å². The van der Waals surface area contributed by atoms with Crippen LogP contribution in [0.25, 0.3) is 6.08 Å². The van der Waals surface area contributed by atoms with Gasteiger partial charge in [-0.25, -0.2) is 9.79 Å². The van der Waals surface area contributed by atoms with Crippen LogP contribution in [0.4, 0.5) is 0 Å². The molecule has 0 aliphatic carbocycles. The van der Waals surface area contributed by atoms with Gasteiger partial charge in [0.25, 0.3) is 0 Å². The van der Waals surface area contributed by atoms with Gasteiger partial charge in [0.2, 0.25) is 5.90 Å². The second-order valence-electron chi connectivity index (χ2n) is 5.61. The molecule has 2 aromatic rings. The summed E-state index contributed by atoms with van der Waals surface area (Å²) in [5, 5.41) is 0. The van der Waals surface area contributed by atoms with Gasteiger partial charge in [0.05, 0.1) is 6.61 Å². The molecule has 0 atom stereocenters. The third kappa shape index (κ3) is 4.57. The lowest BCUT2D eigenvalue weighted by atomic mass is 10.2. The first-order valence-corrected chi connectivity index (χ1v) is 8.96. The van der Waals surface area contributed by atoms with Crippen LogP contribution in [0.15, 0.2) is 63.7 Å². The third-order valence-electron chi connectivity index (χ3n) is 3.66. The molecule has 0 spiro atoms. The lowest BCUT2D eigenvalue weighted by Gasteiger charge is -2.05. The van der Waals surface area contributed by atoms with E-state index in [4.69, 9.17) is 9.47 Å². The van der Waals surface area contributed by atoms with Crippen molar-refractivity contribution in [2.24, 2.45) is 4.99 Å². The fourth-order valence-corrected chi connectivity index (χ4v) is 2.54. The van der Waals surface area contributed by atoms with Crippen molar-refractivity contribution in [1.82, 2.24) is 0 Å². The maximum Gasteiger partial charge on any atom is 0.363 e. The Hall–Kier alpha value is -2.40. The minimum Gasteiger partial charge on any atom is -0.494 e. The largest absolute Gasteiger partial charge is 0.494 e. The predicted octanol–water partition coefficient (Wildman–Crippen LogP) is 4.97. The molecule has 0 amide bonds. The molecule has 0 saturated carbocycles. The van der Waals surface area contributed by atoms with Crippen LogP contribution in [0.2, 0.25) is 0 Å². The number of hydrogen-bond donors (Lipinski definition) is 0. The average Bonchev–Trinajstić information content (AvgIpc) is 2.98. The number of rotatable bonds is 6. The second kappa shape index (κ2) is 8.12. The van der Waals surface area contributed by atoms with E-state index >= 15 is 0 Å². The van der Waals surface area contributed by atoms with Crippen LogP contribution in [-0.4, -0.2) is 18.5 Å². The molecule has 2 aromatic carbocycles. The number of halogens is 1. The molecule has 5 heteroatoms. The summed E-state index contributed by atoms with van der Waals surface area (Å²) in [6, 6.07) is 15.0. The van der Waals surface area contributed by atoms with E-state index in [1.807, 2.05) is 48.5 Å². The summed E-state index contributed by atoms with van der Waals surface area (Å²) in [6.45, 7) is 2.84. The van der Waals surface area contributed by atoms with Crippen LogP contribution in [0.5, 0.6) is 5.75 Å². The van der Waals surface area contributed by atoms with E-state index in [1.165, 1.54) is 0 Å². The molecule has 0 unspecified atom stereocenters. The topological polar surface area (TPSA) is 47.9 Å². The molecule has 4 nitrogen and oxygen atoms in total. The molecule has 0 N–H and O–H groups in total. The maximum atomic E-state index is 12.0. The summed E-state index contributed by atoms with van der Waals surface area (Å²) in [7, 11) is 0. The zero-order chi connectivity index (χ0) is 17.6. The van der Waals surface area contributed by atoms with Crippen molar-refractivity contribution >= 4 is 33.9 Å². The molecule has 0 radical (unpaired) electrons. The quantitative estimate of drug-likeness (QED) is 0.391. The standard InChI is InChI=1S/C20H18BrNO3/c1-2-3-12-24-17-10-4-14(5-11-17)13-18-20(23)25-19(22-18)15-6-8-16(21)9-7-15/h4-11,13H,2-3,12H2,1H3/b18-13-. The Morgan fingerprint density at radius 3 is 2.52 bits per heavy atom. The van der Waals surface area contributed by atoms with E-state index in [0.717, 1.165) is 34.2 Å². The van der Waals surface area contributed by atoms with Gasteiger partial charge in [-0.2, -0.15) is 0 Å². The molecule has 0 fully saturated rings. The highest BCUT2D eigenvalue weighted by Crippen LogP contribution is 2.21. The first kappa shape index (κ1) is 17.4. The number of benzene rings is 2. The molecular weight excluding hydrogens is 382 g/mol.